The Labute approximate surface area is 87.1 Å². The van der Waals surface area contributed by atoms with Crippen LogP contribution in [0.15, 0.2) is 0 Å². The fourth-order valence-electron chi connectivity index (χ4n) is 0.640. The summed E-state index contributed by atoms with van der Waals surface area (Å²) in [5.74, 6) is -5.40. The molecular formula is C5H5F7O2Sn. The molecule has 0 fully saturated rings. The molecule has 0 aromatic carbocycles. The van der Waals surface area contributed by atoms with E-state index in [1.54, 1.807) is 0 Å². The second kappa shape index (κ2) is 4.52. The van der Waals surface area contributed by atoms with Crippen LogP contribution in [0.2, 0.25) is 0 Å². The van der Waals surface area contributed by atoms with Crippen molar-refractivity contribution in [3.05, 3.63) is 0 Å². The maximum absolute atomic E-state index is 12.5. The number of hydrogen-bond donors (Lipinski definition) is 0. The Morgan fingerprint density at radius 3 is 1.73 bits per heavy atom. The number of rotatable bonds is 4. The van der Waals surface area contributed by atoms with Crippen molar-refractivity contribution in [1.29, 1.82) is 0 Å². The van der Waals surface area contributed by atoms with Crippen LogP contribution in [0.4, 0.5) is 30.7 Å². The van der Waals surface area contributed by atoms with Gasteiger partial charge in [0.25, 0.3) is 0 Å². The molecule has 0 aromatic rings. The SMILES string of the molecule is C[O][Sn](=[O])[C](F)(F)C(F)(F)CC(F)(F)F. The van der Waals surface area contributed by atoms with Gasteiger partial charge in [-0.1, -0.05) is 0 Å². The average molecular weight is 349 g/mol. The van der Waals surface area contributed by atoms with Crippen molar-refractivity contribution < 1.29 is 36.9 Å². The van der Waals surface area contributed by atoms with Gasteiger partial charge in [0.15, 0.2) is 0 Å². The van der Waals surface area contributed by atoms with E-state index in [9.17, 15) is 33.8 Å². The molecule has 0 atom stereocenters. The first-order chi connectivity index (χ1) is 6.44. The number of hydrogen-bond acceptors (Lipinski definition) is 2. The minimum atomic E-state index is -5.52. The number of alkyl halides is 7. The van der Waals surface area contributed by atoms with Crippen LogP contribution in [0.3, 0.4) is 0 Å². The molecule has 0 N–H and O–H groups in total. The Morgan fingerprint density at radius 1 is 1.07 bits per heavy atom. The minimum absolute atomic E-state index is 0.485. The zero-order valence-corrected chi connectivity index (χ0v) is 10.0. The van der Waals surface area contributed by atoms with E-state index >= 15 is 0 Å². The summed E-state index contributed by atoms with van der Waals surface area (Å²) in [5, 5.41) is 0. The first-order valence-corrected chi connectivity index (χ1v) is 7.10. The van der Waals surface area contributed by atoms with Crippen LogP contribution >= 0.6 is 0 Å². The molecular weight excluding hydrogens is 344 g/mol. The van der Waals surface area contributed by atoms with Crippen LogP contribution in [-0.4, -0.2) is 43.3 Å². The van der Waals surface area contributed by atoms with E-state index in [1.165, 1.54) is 0 Å². The second-order valence-electron chi connectivity index (χ2n) is 2.56. The molecule has 2 nitrogen and oxygen atoms in total. The van der Waals surface area contributed by atoms with Gasteiger partial charge in [-0.2, -0.15) is 0 Å². The van der Waals surface area contributed by atoms with Gasteiger partial charge in [0.2, 0.25) is 0 Å². The molecule has 0 saturated heterocycles. The molecule has 0 aromatic heterocycles. The molecule has 0 aliphatic rings. The zero-order valence-electron chi connectivity index (χ0n) is 7.17. The van der Waals surface area contributed by atoms with Crippen molar-refractivity contribution in [2.75, 3.05) is 7.11 Å². The van der Waals surface area contributed by atoms with Crippen molar-refractivity contribution >= 4 is 20.2 Å². The molecule has 0 saturated carbocycles. The molecule has 0 aliphatic heterocycles. The van der Waals surface area contributed by atoms with E-state index in [4.69, 9.17) is 0 Å². The molecule has 0 radical (unpaired) electrons. The van der Waals surface area contributed by atoms with E-state index in [0.29, 0.717) is 7.11 Å². The predicted molar refractivity (Wildman–Crippen MR) is 34.0 cm³/mol. The monoisotopic (exact) mass is 350 g/mol. The molecule has 0 rings (SSSR count). The molecule has 0 spiro atoms. The molecule has 10 heteroatoms. The third-order valence-corrected chi connectivity index (χ3v) is 4.89. The van der Waals surface area contributed by atoms with Gasteiger partial charge in [-0.25, -0.2) is 0 Å². The van der Waals surface area contributed by atoms with Gasteiger partial charge in [-0.05, 0) is 0 Å². The van der Waals surface area contributed by atoms with E-state index in [1.807, 2.05) is 0 Å². The van der Waals surface area contributed by atoms with Gasteiger partial charge in [0.05, 0.1) is 0 Å². The van der Waals surface area contributed by atoms with Crippen LogP contribution in [-0.2, 0) is 6.15 Å². The fraction of sp³-hybridized carbons (Fsp3) is 1.00. The van der Waals surface area contributed by atoms with E-state index in [-0.39, 0.29) is 0 Å². The summed E-state index contributed by atoms with van der Waals surface area (Å²) in [7, 11) is 0.485. The van der Waals surface area contributed by atoms with Gasteiger partial charge >= 0.3 is 86.6 Å². The molecule has 0 heterocycles. The molecule has 0 unspecified atom stereocenters. The Kier molecular flexibility index (Phi) is 4.54. The van der Waals surface area contributed by atoms with E-state index in [0.717, 1.165) is 0 Å². The zero-order chi connectivity index (χ0) is 12.5. The summed E-state index contributed by atoms with van der Waals surface area (Å²) in [6.07, 6.45) is -8.49. The molecule has 0 bridgehead atoms. The van der Waals surface area contributed by atoms with Gasteiger partial charge in [0.1, 0.15) is 0 Å². The van der Waals surface area contributed by atoms with Gasteiger partial charge in [-0.3, -0.25) is 0 Å². The summed E-state index contributed by atoms with van der Waals surface area (Å²) < 4.78 is 93.2. The molecule has 0 aliphatic carbocycles. The summed E-state index contributed by atoms with van der Waals surface area (Å²) >= 11 is -5.52. The Bertz CT molecular complexity index is 248. The van der Waals surface area contributed by atoms with Crippen LogP contribution in [0.25, 0.3) is 0 Å². The third-order valence-electron chi connectivity index (χ3n) is 1.32. The second-order valence-corrected chi connectivity index (χ2v) is 7.16. The quantitative estimate of drug-likeness (QED) is 0.575. The first kappa shape index (κ1) is 15.1. The summed E-state index contributed by atoms with van der Waals surface area (Å²) in [6.45, 7) is 0. The van der Waals surface area contributed by atoms with Gasteiger partial charge in [0, 0.05) is 0 Å². The van der Waals surface area contributed by atoms with Crippen molar-refractivity contribution in [3.8, 4) is 0 Å². The van der Waals surface area contributed by atoms with Gasteiger partial charge in [-0.15, -0.1) is 0 Å². The van der Waals surface area contributed by atoms with Gasteiger partial charge < -0.3 is 0 Å². The number of halogens is 7. The molecule has 90 valence electrons. The van der Waals surface area contributed by atoms with E-state index < -0.39 is 42.6 Å². The molecule has 0 amide bonds. The normalized spacial score (nSPS) is 14.1. The fourth-order valence-corrected chi connectivity index (χ4v) is 2.48. The molecule has 15 heavy (non-hydrogen) atoms. The van der Waals surface area contributed by atoms with Crippen LogP contribution in [0, 0.1) is 0 Å². The maximum atomic E-state index is 12.5. The Hall–Kier alpha value is 0.0687. The average Bonchev–Trinajstić information content (AvgIpc) is 1.97. The third kappa shape index (κ3) is 3.85. The standard InChI is InChI=1S/C4H2F7.CH3O.O.Sn/c5-2(6)3(7,8)1-4(9,10)11;1-2;;/h1H2;1H3;;/q;-1;;+1. The van der Waals surface area contributed by atoms with Crippen LogP contribution in [0.1, 0.15) is 6.42 Å². The van der Waals surface area contributed by atoms with Crippen molar-refractivity contribution in [3.63, 3.8) is 0 Å². The van der Waals surface area contributed by atoms with Crippen LogP contribution < -0.4 is 0 Å². The predicted octanol–water partition coefficient (Wildman–Crippen LogP) is 2.31. The van der Waals surface area contributed by atoms with Crippen LogP contribution in [0.5, 0.6) is 0 Å². The Balaban J connectivity index is 4.93. The topological polar surface area (TPSA) is 26.3 Å². The first-order valence-electron chi connectivity index (χ1n) is 3.35. The van der Waals surface area contributed by atoms with Crippen molar-refractivity contribution in [1.82, 2.24) is 0 Å². The van der Waals surface area contributed by atoms with Crippen molar-refractivity contribution in [2.24, 2.45) is 0 Å². The van der Waals surface area contributed by atoms with E-state index in [2.05, 4.69) is 3.07 Å². The summed E-state index contributed by atoms with van der Waals surface area (Å²) in [4.78, 5) is 0. The summed E-state index contributed by atoms with van der Waals surface area (Å²) in [6, 6.07) is 0. The Morgan fingerprint density at radius 2 is 1.47 bits per heavy atom. The van der Waals surface area contributed by atoms with Crippen molar-refractivity contribution in [2.45, 2.75) is 22.5 Å². The summed E-state index contributed by atoms with van der Waals surface area (Å²) in [5.41, 5.74) is 0.